The highest BCUT2D eigenvalue weighted by Gasteiger charge is 2.15. The summed E-state index contributed by atoms with van der Waals surface area (Å²) in [4.78, 5) is 15.0. The number of anilines is 2. The Bertz CT molecular complexity index is 1200. The van der Waals surface area contributed by atoms with E-state index in [2.05, 4.69) is 14.9 Å². The molecule has 1 aliphatic rings. The number of nitrogens with zero attached hydrogens (tertiary/aromatic N) is 1. The number of rotatable bonds is 8. The van der Waals surface area contributed by atoms with Crippen LogP contribution in [0.2, 0.25) is 0 Å². The van der Waals surface area contributed by atoms with Crippen molar-refractivity contribution in [1.29, 1.82) is 0 Å². The number of piperidine rings is 1. The smallest absolute Gasteiger partial charge is 0.248 e. The molecular formula is C25H27N3O4S. The van der Waals surface area contributed by atoms with Crippen LogP contribution >= 0.6 is 0 Å². The van der Waals surface area contributed by atoms with Crippen molar-refractivity contribution in [3.05, 3.63) is 84.3 Å². The highest BCUT2D eigenvalue weighted by Crippen LogP contribution is 2.28. The van der Waals surface area contributed by atoms with E-state index in [4.69, 9.17) is 4.42 Å². The molecule has 0 saturated carbocycles. The van der Waals surface area contributed by atoms with Crippen molar-refractivity contribution in [2.75, 3.05) is 23.3 Å². The quantitative estimate of drug-likeness (QED) is 0.481. The Balaban J connectivity index is 1.37. The third-order valence-corrected chi connectivity index (χ3v) is 6.91. The summed E-state index contributed by atoms with van der Waals surface area (Å²) in [5.74, 6) is 0.294. The molecule has 1 saturated heterocycles. The first-order chi connectivity index (χ1) is 16.0. The van der Waals surface area contributed by atoms with E-state index in [0.717, 1.165) is 42.9 Å². The molecule has 33 heavy (non-hydrogen) atoms. The summed E-state index contributed by atoms with van der Waals surface area (Å²) >= 11 is 0. The number of amides is 1. The number of carbonyl (C=O) groups excluding carboxylic acids is 1. The summed E-state index contributed by atoms with van der Waals surface area (Å²) in [6.07, 6.45) is 8.16. The Morgan fingerprint density at radius 1 is 0.970 bits per heavy atom. The minimum Gasteiger partial charge on any atom is -0.468 e. The number of benzene rings is 2. The lowest BCUT2D eigenvalue weighted by Crippen LogP contribution is -2.30. The molecule has 1 aliphatic heterocycles. The zero-order valence-electron chi connectivity index (χ0n) is 18.2. The first-order valence-corrected chi connectivity index (χ1v) is 12.4. The molecule has 0 bridgehead atoms. The van der Waals surface area contributed by atoms with Crippen molar-refractivity contribution in [2.24, 2.45) is 0 Å². The largest absolute Gasteiger partial charge is 0.468 e. The van der Waals surface area contributed by atoms with Crippen molar-refractivity contribution in [2.45, 2.75) is 30.7 Å². The van der Waals surface area contributed by atoms with Crippen molar-refractivity contribution in [3.8, 4) is 0 Å². The molecule has 2 heterocycles. The average molecular weight is 466 g/mol. The third-order valence-electron chi connectivity index (χ3n) is 5.49. The fourth-order valence-electron chi connectivity index (χ4n) is 3.76. The molecule has 1 amide bonds. The predicted octanol–water partition coefficient (Wildman–Crippen LogP) is 4.40. The molecule has 4 rings (SSSR count). The Hall–Kier alpha value is -3.36. The number of carbonyl (C=O) groups is 1. The number of sulfonamides is 1. The summed E-state index contributed by atoms with van der Waals surface area (Å²) in [6, 6.07) is 17.6. The summed E-state index contributed by atoms with van der Waals surface area (Å²) < 4.78 is 32.5. The molecule has 2 aromatic carbocycles. The molecule has 0 spiro atoms. The first-order valence-electron chi connectivity index (χ1n) is 11.0. The SMILES string of the molecule is O=C(/C=C/c1ccc(S(=O)(=O)NCc2ccco2)cc1)Nc1ccccc1N1CCCCC1. The van der Waals surface area contributed by atoms with E-state index in [1.54, 1.807) is 30.3 Å². The Morgan fingerprint density at radius 3 is 2.45 bits per heavy atom. The molecule has 0 atom stereocenters. The molecule has 8 heteroatoms. The lowest BCUT2D eigenvalue weighted by Gasteiger charge is -2.30. The fraction of sp³-hybridized carbons (Fsp3) is 0.240. The van der Waals surface area contributed by atoms with Gasteiger partial charge in [-0.1, -0.05) is 24.3 Å². The number of para-hydroxylation sites is 2. The summed E-state index contributed by atoms with van der Waals surface area (Å²) in [7, 11) is -3.66. The highest BCUT2D eigenvalue weighted by atomic mass is 32.2. The Morgan fingerprint density at radius 2 is 1.73 bits per heavy atom. The van der Waals surface area contributed by atoms with Crippen LogP contribution in [0, 0.1) is 0 Å². The molecule has 1 fully saturated rings. The van der Waals surface area contributed by atoms with Gasteiger partial charge < -0.3 is 14.6 Å². The molecular weight excluding hydrogens is 438 g/mol. The van der Waals surface area contributed by atoms with Gasteiger partial charge in [0, 0.05) is 19.2 Å². The topological polar surface area (TPSA) is 91.6 Å². The van der Waals surface area contributed by atoms with Gasteiger partial charge in [0.2, 0.25) is 15.9 Å². The van der Waals surface area contributed by atoms with Crippen LogP contribution in [0.15, 0.2) is 82.3 Å². The van der Waals surface area contributed by atoms with Gasteiger partial charge in [-0.15, -0.1) is 0 Å². The van der Waals surface area contributed by atoms with E-state index >= 15 is 0 Å². The lowest BCUT2D eigenvalue weighted by atomic mass is 10.1. The molecule has 2 N–H and O–H groups in total. The van der Waals surface area contributed by atoms with E-state index in [1.807, 2.05) is 24.3 Å². The number of hydrogen-bond acceptors (Lipinski definition) is 5. The zero-order chi connectivity index (χ0) is 23.1. The van der Waals surface area contributed by atoms with Gasteiger partial charge >= 0.3 is 0 Å². The normalized spacial score (nSPS) is 14.5. The maximum absolute atomic E-state index is 12.5. The Labute approximate surface area is 194 Å². The molecule has 0 aliphatic carbocycles. The maximum Gasteiger partial charge on any atom is 0.248 e. The van der Waals surface area contributed by atoms with E-state index in [-0.39, 0.29) is 17.3 Å². The monoisotopic (exact) mass is 465 g/mol. The van der Waals surface area contributed by atoms with Crippen LogP contribution < -0.4 is 14.9 Å². The van der Waals surface area contributed by atoms with Gasteiger partial charge in [0.1, 0.15) is 5.76 Å². The van der Waals surface area contributed by atoms with Gasteiger partial charge in [-0.3, -0.25) is 4.79 Å². The second-order valence-corrected chi connectivity index (χ2v) is 9.63. The van der Waals surface area contributed by atoms with E-state index in [1.165, 1.54) is 30.9 Å². The van der Waals surface area contributed by atoms with Gasteiger partial charge in [0.25, 0.3) is 0 Å². The Kier molecular flexibility index (Phi) is 7.26. The average Bonchev–Trinajstić information content (AvgIpc) is 3.37. The van der Waals surface area contributed by atoms with Crippen molar-refractivity contribution >= 4 is 33.4 Å². The summed E-state index contributed by atoms with van der Waals surface area (Å²) in [5, 5.41) is 2.96. The van der Waals surface area contributed by atoms with Crippen LogP contribution in [0.25, 0.3) is 6.08 Å². The van der Waals surface area contributed by atoms with Gasteiger partial charge in [-0.2, -0.15) is 0 Å². The minimum atomic E-state index is -3.66. The minimum absolute atomic E-state index is 0.0794. The number of furan rings is 1. The molecule has 1 aromatic heterocycles. The van der Waals surface area contributed by atoms with Crippen LogP contribution in [0.3, 0.4) is 0 Å². The maximum atomic E-state index is 12.5. The molecule has 3 aromatic rings. The van der Waals surface area contributed by atoms with Crippen molar-refractivity contribution in [1.82, 2.24) is 4.72 Å². The van der Waals surface area contributed by atoms with Gasteiger partial charge in [0.15, 0.2) is 0 Å². The molecule has 0 unspecified atom stereocenters. The van der Waals surface area contributed by atoms with E-state index < -0.39 is 10.0 Å². The third kappa shape index (κ3) is 6.12. The molecule has 172 valence electrons. The summed E-state index contributed by atoms with van der Waals surface area (Å²) in [5.41, 5.74) is 2.55. The van der Waals surface area contributed by atoms with E-state index in [0.29, 0.717) is 5.76 Å². The van der Waals surface area contributed by atoms with Crippen LogP contribution in [-0.4, -0.2) is 27.4 Å². The van der Waals surface area contributed by atoms with Crippen LogP contribution in [0.5, 0.6) is 0 Å². The number of hydrogen-bond donors (Lipinski definition) is 2. The van der Waals surface area contributed by atoms with Crippen molar-refractivity contribution < 1.29 is 17.6 Å². The van der Waals surface area contributed by atoms with Crippen LogP contribution in [0.4, 0.5) is 11.4 Å². The summed E-state index contributed by atoms with van der Waals surface area (Å²) in [6.45, 7) is 2.07. The van der Waals surface area contributed by atoms with E-state index in [9.17, 15) is 13.2 Å². The fourth-order valence-corrected chi connectivity index (χ4v) is 4.75. The molecule has 7 nitrogen and oxygen atoms in total. The highest BCUT2D eigenvalue weighted by molar-refractivity contribution is 7.89. The standard InChI is InChI=1S/C25H27N3O4S/c29-25(27-23-8-2-3-9-24(23)28-16-4-1-5-17-28)15-12-20-10-13-22(14-11-20)33(30,31)26-19-21-7-6-18-32-21/h2-3,6-15,18,26H,1,4-5,16-17,19H2,(H,27,29)/b15-12+. The van der Waals surface area contributed by atoms with Gasteiger partial charge in [-0.25, -0.2) is 13.1 Å². The van der Waals surface area contributed by atoms with Crippen molar-refractivity contribution in [3.63, 3.8) is 0 Å². The van der Waals surface area contributed by atoms with Gasteiger partial charge in [-0.05, 0) is 67.3 Å². The second-order valence-electron chi connectivity index (χ2n) is 7.86. The predicted molar refractivity (Wildman–Crippen MR) is 129 cm³/mol. The lowest BCUT2D eigenvalue weighted by molar-refractivity contribution is -0.111. The first kappa shape index (κ1) is 22.8. The number of nitrogens with one attached hydrogen (secondary N) is 2. The van der Waals surface area contributed by atoms with Gasteiger partial charge in [0.05, 0.1) is 29.1 Å². The zero-order valence-corrected chi connectivity index (χ0v) is 19.1. The van der Waals surface area contributed by atoms with Crippen LogP contribution in [0.1, 0.15) is 30.6 Å². The molecule has 0 radical (unpaired) electrons. The van der Waals surface area contributed by atoms with Crippen LogP contribution in [-0.2, 0) is 21.4 Å². The second kappa shape index (κ2) is 10.5.